The Morgan fingerprint density at radius 3 is 2.81 bits per heavy atom. The van der Waals surface area contributed by atoms with Gasteiger partial charge in [-0.2, -0.15) is 0 Å². The summed E-state index contributed by atoms with van der Waals surface area (Å²) in [7, 11) is 1.34. The second-order valence-electron chi connectivity index (χ2n) is 4.29. The van der Waals surface area contributed by atoms with Crippen LogP contribution in [0.2, 0.25) is 0 Å². The van der Waals surface area contributed by atoms with Crippen molar-refractivity contribution in [2.45, 2.75) is 31.9 Å². The van der Waals surface area contributed by atoms with Crippen molar-refractivity contribution in [1.29, 1.82) is 0 Å². The smallest absolute Gasteiger partial charge is 0.322 e. The van der Waals surface area contributed by atoms with E-state index in [0.29, 0.717) is 19.1 Å². The summed E-state index contributed by atoms with van der Waals surface area (Å²) in [6.45, 7) is 3.09. The molecule has 1 rings (SSSR count). The number of rotatable bonds is 8. The first-order valence-electron chi connectivity index (χ1n) is 5.70. The highest BCUT2D eigenvalue weighted by molar-refractivity contribution is 5.75. The molecule has 2 unspecified atom stereocenters. The molecule has 0 amide bonds. The van der Waals surface area contributed by atoms with Crippen molar-refractivity contribution >= 4 is 5.97 Å². The number of hydrogen-bond donors (Lipinski definition) is 2. The van der Waals surface area contributed by atoms with E-state index in [-0.39, 0.29) is 5.97 Å². The number of aliphatic hydroxyl groups excluding tert-OH is 1. The van der Waals surface area contributed by atoms with E-state index in [4.69, 9.17) is 4.74 Å². The zero-order chi connectivity index (χ0) is 12.0. The van der Waals surface area contributed by atoms with Crippen molar-refractivity contribution in [3.8, 4) is 0 Å². The number of carbonyl (C=O) groups excluding carboxylic acids is 1. The van der Waals surface area contributed by atoms with Crippen LogP contribution in [-0.2, 0) is 14.3 Å². The third-order valence-electron chi connectivity index (χ3n) is 2.58. The monoisotopic (exact) mass is 231 g/mol. The van der Waals surface area contributed by atoms with Crippen LogP contribution >= 0.6 is 0 Å². The van der Waals surface area contributed by atoms with Gasteiger partial charge >= 0.3 is 5.97 Å². The third kappa shape index (κ3) is 5.44. The molecule has 1 saturated carbocycles. The summed E-state index contributed by atoms with van der Waals surface area (Å²) < 4.78 is 9.88. The molecular weight excluding hydrogens is 210 g/mol. The highest BCUT2D eigenvalue weighted by Gasteiger charge is 2.21. The van der Waals surface area contributed by atoms with Gasteiger partial charge in [0.2, 0.25) is 0 Å². The van der Waals surface area contributed by atoms with Gasteiger partial charge in [-0.25, -0.2) is 0 Å². The number of hydrogen-bond acceptors (Lipinski definition) is 5. The molecule has 0 spiro atoms. The molecule has 2 N–H and O–H groups in total. The molecule has 0 aromatic carbocycles. The average Bonchev–Trinajstić information content (AvgIpc) is 3.08. The Labute approximate surface area is 96.1 Å². The van der Waals surface area contributed by atoms with Crippen LogP contribution in [0.1, 0.15) is 19.8 Å². The molecule has 5 heteroatoms. The Kier molecular flexibility index (Phi) is 5.73. The van der Waals surface area contributed by atoms with Crippen LogP contribution in [0.25, 0.3) is 0 Å². The van der Waals surface area contributed by atoms with Crippen molar-refractivity contribution in [2.24, 2.45) is 5.92 Å². The minimum Gasteiger partial charge on any atom is -0.468 e. The Bertz CT molecular complexity index is 218. The predicted octanol–water partition coefficient (Wildman–Crippen LogP) is -0.0750. The molecule has 0 heterocycles. The van der Waals surface area contributed by atoms with Crippen LogP contribution in [0.15, 0.2) is 0 Å². The van der Waals surface area contributed by atoms with Gasteiger partial charge in [-0.15, -0.1) is 0 Å². The highest BCUT2D eigenvalue weighted by atomic mass is 16.5. The maximum atomic E-state index is 11.0. The fourth-order valence-corrected chi connectivity index (χ4v) is 1.29. The number of carbonyl (C=O) groups is 1. The number of esters is 1. The minimum absolute atomic E-state index is 0.317. The Balaban J connectivity index is 1.99. The van der Waals surface area contributed by atoms with Crippen LogP contribution in [0, 0.1) is 5.92 Å². The van der Waals surface area contributed by atoms with E-state index in [1.807, 2.05) is 0 Å². The molecule has 94 valence electrons. The highest BCUT2D eigenvalue weighted by Crippen LogP contribution is 2.28. The van der Waals surface area contributed by atoms with Crippen molar-refractivity contribution in [3.63, 3.8) is 0 Å². The Hall–Kier alpha value is -0.650. The molecular formula is C11H21NO4. The van der Waals surface area contributed by atoms with Gasteiger partial charge in [0.25, 0.3) is 0 Å². The first-order chi connectivity index (χ1) is 7.63. The van der Waals surface area contributed by atoms with Crippen LogP contribution < -0.4 is 5.32 Å². The third-order valence-corrected chi connectivity index (χ3v) is 2.58. The van der Waals surface area contributed by atoms with Gasteiger partial charge in [-0.1, -0.05) is 0 Å². The molecule has 5 nitrogen and oxygen atoms in total. The SMILES string of the molecule is COC(=O)C(C)NCC(O)COCC1CC1. The summed E-state index contributed by atoms with van der Waals surface area (Å²) in [5, 5.41) is 12.4. The van der Waals surface area contributed by atoms with E-state index in [1.54, 1.807) is 6.92 Å². The van der Waals surface area contributed by atoms with E-state index in [0.717, 1.165) is 6.61 Å². The van der Waals surface area contributed by atoms with Crippen molar-refractivity contribution in [3.05, 3.63) is 0 Å². The van der Waals surface area contributed by atoms with Crippen LogP contribution in [-0.4, -0.2) is 50.1 Å². The van der Waals surface area contributed by atoms with Crippen molar-refractivity contribution in [1.82, 2.24) is 5.32 Å². The van der Waals surface area contributed by atoms with Gasteiger partial charge < -0.3 is 19.9 Å². The molecule has 2 atom stereocenters. The topological polar surface area (TPSA) is 67.8 Å². The molecule has 0 saturated heterocycles. The summed E-state index contributed by atoms with van der Waals surface area (Å²) in [6.07, 6.45) is 1.91. The molecule has 0 radical (unpaired) electrons. The van der Waals surface area contributed by atoms with Gasteiger partial charge in [-0.3, -0.25) is 4.79 Å². The molecule has 1 aliphatic carbocycles. The largest absolute Gasteiger partial charge is 0.468 e. The summed E-state index contributed by atoms with van der Waals surface area (Å²) in [4.78, 5) is 11.0. The normalized spacial score (nSPS) is 19.2. The van der Waals surface area contributed by atoms with Gasteiger partial charge in [0.05, 0.1) is 19.8 Å². The predicted molar refractivity (Wildman–Crippen MR) is 59.0 cm³/mol. The Morgan fingerprint density at radius 2 is 2.25 bits per heavy atom. The van der Waals surface area contributed by atoms with Gasteiger partial charge in [0.1, 0.15) is 6.04 Å². The maximum absolute atomic E-state index is 11.0. The van der Waals surface area contributed by atoms with Gasteiger partial charge in [0.15, 0.2) is 0 Å². The van der Waals surface area contributed by atoms with E-state index in [2.05, 4.69) is 10.1 Å². The second-order valence-corrected chi connectivity index (χ2v) is 4.29. The second kappa shape index (κ2) is 6.83. The summed E-state index contributed by atoms with van der Waals surface area (Å²) in [5.41, 5.74) is 0. The fraction of sp³-hybridized carbons (Fsp3) is 0.909. The van der Waals surface area contributed by atoms with Gasteiger partial charge in [0, 0.05) is 13.2 Å². The van der Waals surface area contributed by atoms with Gasteiger partial charge in [-0.05, 0) is 25.7 Å². The average molecular weight is 231 g/mol. The Morgan fingerprint density at radius 1 is 1.56 bits per heavy atom. The number of aliphatic hydroxyl groups is 1. The first kappa shape index (κ1) is 13.4. The first-order valence-corrected chi connectivity index (χ1v) is 5.70. The summed E-state index contributed by atoms with van der Waals surface area (Å²) in [5.74, 6) is 0.375. The van der Waals surface area contributed by atoms with Crippen LogP contribution in [0.3, 0.4) is 0 Å². The standard InChI is InChI=1S/C11H21NO4/c1-8(11(14)15-2)12-5-10(13)7-16-6-9-3-4-9/h8-10,12-13H,3-7H2,1-2H3. The quantitative estimate of drug-likeness (QED) is 0.572. The molecule has 0 aliphatic heterocycles. The lowest BCUT2D eigenvalue weighted by Crippen LogP contribution is -2.40. The van der Waals surface area contributed by atoms with E-state index >= 15 is 0 Å². The number of ether oxygens (including phenoxy) is 2. The minimum atomic E-state index is -0.578. The molecule has 1 aliphatic rings. The van der Waals surface area contributed by atoms with Crippen molar-refractivity contribution < 1.29 is 19.4 Å². The van der Waals surface area contributed by atoms with Crippen LogP contribution in [0.4, 0.5) is 0 Å². The fourth-order valence-electron chi connectivity index (χ4n) is 1.29. The van der Waals surface area contributed by atoms with E-state index in [9.17, 15) is 9.90 Å². The number of nitrogens with one attached hydrogen (secondary N) is 1. The lowest BCUT2D eigenvalue weighted by atomic mass is 10.3. The summed E-state index contributed by atoms with van der Waals surface area (Å²) in [6, 6.07) is -0.400. The molecule has 1 fully saturated rings. The zero-order valence-corrected chi connectivity index (χ0v) is 9.94. The molecule has 0 aromatic rings. The van der Waals surface area contributed by atoms with Crippen molar-refractivity contribution in [2.75, 3.05) is 26.9 Å². The van der Waals surface area contributed by atoms with E-state index in [1.165, 1.54) is 20.0 Å². The molecule has 0 aromatic heterocycles. The van der Waals surface area contributed by atoms with E-state index < -0.39 is 12.1 Å². The maximum Gasteiger partial charge on any atom is 0.322 e. The zero-order valence-electron chi connectivity index (χ0n) is 9.94. The summed E-state index contributed by atoms with van der Waals surface area (Å²) >= 11 is 0. The van der Waals surface area contributed by atoms with Crippen LogP contribution in [0.5, 0.6) is 0 Å². The molecule has 0 bridgehead atoms. The lowest BCUT2D eigenvalue weighted by Gasteiger charge is -2.15. The lowest BCUT2D eigenvalue weighted by molar-refractivity contribution is -0.142. The number of methoxy groups -OCH3 is 1. The molecule has 16 heavy (non-hydrogen) atoms.